The SMILES string of the molecule is O=C(COc1ccc2ccccc2c1)N1C2CCNCC1CC2. The summed E-state index contributed by atoms with van der Waals surface area (Å²) in [6.45, 7) is 2.06. The smallest absolute Gasteiger partial charge is 0.261 e. The summed E-state index contributed by atoms with van der Waals surface area (Å²) in [6, 6.07) is 14.9. The van der Waals surface area contributed by atoms with Crippen LogP contribution in [-0.2, 0) is 4.79 Å². The predicted octanol–water partition coefficient (Wildman–Crippen LogP) is 2.57. The van der Waals surface area contributed by atoms with Crippen LogP contribution in [0.25, 0.3) is 10.8 Å². The maximum atomic E-state index is 12.6. The molecular weight excluding hydrogens is 288 g/mol. The third kappa shape index (κ3) is 2.91. The summed E-state index contributed by atoms with van der Waals surface area (Å²) in [5.74, 6) is 0.881. The zero-order valence-corrected chi connectivity index (χ0v) is 13.2. The Labute approximate surface area is 136 Å². The minimum atomic E-state index is 0.120. The third-order valence-electron chi connectivity index (χ3n) is 5.03. The fourth-order valence-electron chi connectivity index (χ4n) is 3.87. The van der Waals surface area contributed by atoms with Gasteiger partial charge in [-0.1, -0.05) is 30.3 Å². The fourth-order valence-corrected chi connectivity index (χ4v) is 3.87. The molecule has 2 aromatic carbocycles. The van der Waals surface area contributed by atoms with Gasteiger partial charge in [-0.15, -0.1) is 0 Å². The van der Waals surface area contributed by atoms with Gasteiger partial charge >= 0.3 is 0 Å². The molecule has 2 fully saturated rings. The quantitative estimate of drug-likeness (QED) is 0.947. The van der Waals surface area contributed by atoms with Gasteiger partial charge in [0, 0.05) is 18.6 Å². The van der Waals surface area contributed by atoms with Crippen LogP contribution in [-0.4, -0.2) is 42.6 Å². The molecule has 2 heterocycles. The lowest BCUT2D eigenvalue weighted by Gasteiger charge is -2.27. The molecule has 1 amide bonds. The molecular formula is C19H22N2O2. The van der Waals surface area contributed by atoms with Crippen molar-refractivity contribution < 1.29 is 9.53 Å². The van der Waals surface area contributed by atoms with Crippen molar-refractivity contribution in [3.05, 3.63) is 42.5 Å². The molecule has 0 saturated carbocycles. The van der Waals surface area contributed by atoms with E-state index in [1.165, 1.54) is 5.39 Å². The van der Waals surface area contributed by atoms with E-state index in [1.54, 1.807) is 0 Å². The molecule has 2 aromatic rings. The Bertz CT molecular complexity index is 701. The number of rotatable bonds is 3. The largest absolute Gasteiger partial charge is 0.484 e. The van der Waals surface area contributed by atoms with Crippen molar-refractivity contribution in [3.63, 3.8) is 0 Å². The zero-order chi connectivity index (χ0) is 15.6. The number of nitrogens with one attached hydrogen (secondary N) is 1. The van der Waals surface area contributed by atoms with Crippen LogP contribution < -0.4 is 10.1 Å². The maximum absolute atomic E-state index is 12.6. The molecule has 23 heavy (non-hydrogen) atoms. The molecule has 2 aliphatic heterocycles. The van der Waals surface area contributed by atoms with Gasteiger partial charge < -0.3 is 15.0 Å². The highest BCUT2D eigenvalue weighted by Gasteiger charge is 2.37. The van der Waals surface area contributed by atoms with Crippen LogP contribution in [0, 0.1) is 0 Å². The van der Waals surface area contributed by atoms with Crippen LogP contribution in [0.5, 0.6) is 5.75 Å². The third-order valence-corrected chi connectivity index (χ3v) is 5.03. The average Bonchev–Trinajstić information content (AvgIpc) is 2.85. The highest BCUT2D eigenvalue weighted by Crippen LogP contribution is 2.28. The summed E-state index contributed by atoms with van der Waals surface area (Å²) in [4.78, 5) is 14.7. The van der Waals surface area contributed by atoms with Crippen molar-refractivity contribution >= 4 is 16.7 Å². The normalized spacial score (nSPS) is 23.7. The van der Waals surface area contributed by atoms with Gasteiger partial charge in [0.1, 0.15) is 5.75 Å². The van der Waals surface area contributed by atoms with Crippen molar-refractivity contribution in [2.75, 3.05) is 19.7 Å². The van der Waals surface area contributed by atoms with E-state index in [0.717, 1.165) is 43.5 Å². The number of ether oxygens (including phenoxy) is 1. The lowest BCUT2D eigenvalue weighted by Crippen LogP contribution is -2.44. The van der Waals surface area contributed by atoms with E-state index in [9.17, 15) is 4.79 Å². The first-order valence-corrected chi connectivity index (χ1v) is 8.45. The summed E-state index contributed by atoms with van der Waals surface area (Å²) in [5.41, 5.74) is 0. The Kier molecular flexibility index (Phi) is 3.92. The number of hydrogen-bond acceptors (Lipinski definition) is 3. The Morgan fingerprint density at radius 2 is 1.91 bits per heavy atom. The lowest BCUT2D eigenvalue weighted by atomic mass is 10.1. The second-order valence-corrected chi connectivity index (χ2v) is 6.48. The average molecular weight is 310 g/mol. The molecule has 0 radical (unpaired) electrons. The van der Waals surface area contributed by atoms with Crippen molar-refractivity contribution in [1.82, 2.24) is 10.2 Å². The van der Waals surface area contributed by atoms with Gasteiger partial charge in [0.05, 0.1) is 0 Å². The van der Waals surface area contributed by atoms with Crippen LogP contribution in [0.1, 0.15) is 19.3 Å². The summed E-state index contributed by atoms with van der Waals surface area (Å²) in [7, 11) is 0. The molecule has 2 bridgehead atoms. The number of nitrogens with zero attached hydrogens (tertiary/aromatic N) is 1. The molecule has 0 aliphatic carbocycles. The van der Waals surface area contributed by atoms with E-state index in [-0.39, 0.29) is 12.5 Å². The zero-order valence-electron chi connectivity index (χ0n) is 13.2. The summed E-state index contributed by atoms with van der Waals surface area (Å²) < 4.78 is 5.78. The van der Waals surface area contributed by atoms with Crippen molar-refractivity contribution in [2.24, 2.45) is 0 Å². The molecule has 4 heteroatoms. The monoisotopic (exact) mass is 310 g/mol. The van der Waals surface area contributed by atoms with E-state index in [0.29, 0.717) is 12.1 Å². The predicted molar refractivity (Wildman–Crippen MR) is 90.6 cm³/mol. The van der Waals surface area contributed by atoms with E-state index in [4.69, 9.17) is 4.74 Å². The molecule has 0 aromatic heterocycles. The van der Waals surface area contributed by atoms with Crippen molar-refractivity contribution in [3.8, 4) is 5.75 Å². The van der Waals surface area contributed by atoms with Gasteiger partial charge in [-0.25, -0.2) is 0 Å². The minimum absolute atomic E-state index is 0.120. The molecule has 0 spiro atoms. The summed E-state index contributed by atoms with van der Waals surface area (Å²) in [5, 5.41) is 5.74. The van der Waals surface area contributed by atoms with Crippen molar-refractivity contribution in [1.29, 1.82) is 0 Å². The van der Waals surface area contributed by atoms with E-state index in [2.05, 4.69) is 22.3 Å². The maximum Gasteiger partial charge on any atom is 0.261 e. The van der Waals surface area contributed by atoms with E-state index >= 15 is 0 Å². The molecule has 2 aliphatic rings. The lowest BCUT2D eigenvalue weighted by molar-refractivity contribution is -0.136. The number of amides is 1. The number of hydrogen-bond donors (Lipinski definition) is 1. The van der Waals surface area contributed by atoms with Gasteiger partial charge in [-0.2, -0.15) is 0 Å². The van der Waals surface area contributed by atoms with Gasteiger partial charge in [-0.3, -0.25) is 4.79 Å². The number of benzene rings is 2. The second kappa shape index (κ2) is 6.20. The summed E-state index contributed by atoms with van der Waals surface area (Å²) >= 11 is 0. The molecule has 2 atom stereocenters. The van der Waals surface area contributed by atoms with Crippen molar-refractivity contribution in [2.45, 2.75) is 31.3 Å². The Balaban J connectivity index is 1.44. The second-order valence-electron chi connectivity index (χ2n) is 6.48. The molecule has 2 unspecified atom stereocenters. The fraction of sp³-hybridized carbons (Fsp3) is 0.421. The van der Waals surface area contributed by atoms with Gasteiger partial charge in [0.25, 0.3) is 5.91 Å². The van der Waals surface area contributed by atoms with E-state index < -0.39 is 0 Å². The molecule has 120 valence electrons. The van der Waals surface area contributed by atoms with Gasteiger partial charge in [0.2, 0.25) is 0 Å². The highest BCUT2D eigenvalue weighted by molar-refractivity contribution is 5.84. The van der Waals surface area contributed by atoms with Gasteiger partial charge in [0.15, 0.2) is 6.61 Å². The molecule has 4 nitrogen and oxygen atoms in total. The first-order valence-electron chi connectivity index (χ1n) is 8.45. The topological polar surface area (TPSA) is 41.6 Å². The Morgan fingerprint density at radius 3 is 2.83 bits per heavy atom. The standard InChI is InChI=1S/C19H22N2O2/c22-19(21-16-6-7-17(21)12-20-10-9-16)13-23-18-8-5-14-3-1-2-4-15(14)11-18/h1-5,8,11,16-17,20H,6-7,9-10,12-13H2. The van der Waals surface area contributed by atoms with Crippen LogP contribution in [0.2, 0.25) is 0 Å². The van der Waals surface area contributed by atoms with Crippen LogP contribution in [0.3, 0.4) is 0 Å². The van der Waals surface area contributed by atoms with E-state index in [1.807, 2.05) is 30.3 Å². The van der Waals surface area contributed by atoms with Crippen LogP contribution >= 0.6 is 0 Å². The first-order chi connectivity index (χ1) is 11.3. The van der Waals surface area contributed by atoms with Crippen LogP contribution in [0.4, 0.5) is 0 Å². The molecule has 1 N–H and O–H groups in total. The van der Waals surface area contributed by atoms with Gasteiger partial charge in [-0.05, 0) is 48.7 Å². The molecule has 2 saturated heterocycles. The number of carbonyl (C=O) groups is 1. The summed E-state index contributed by atoms with van der Waals surface area (Å²) in [6.07, 6.45) is 3.30. The van der Waals surface area contributed by atoms with Crippen LogP contribution in [0.15, 0.2) is 42.5 Å². The molecule has 4 rings (SSSR count). The highest BCUT2D eigenvalue weighted by atomic mass is 16.5. The number of fused-ring (bicyclic) bond motifs is 3. The minimum Gasteiger partial charge on any atom is -0.484 e. The Morgan fingerprint density at radius 1 is 1.09 bits per heavy atom. The Hall–Kier alpha value is -2.07. The number of carbonyl (C=O) groups excluding carboxylic acids is 1. The first kappa shape index (κ1) is 14.5.